The molecule has 0 unspecified atom stereocenters. The van der Waals surface area contributed by atoms with Crippen LogP contribution in [-0.2, 0) is 0 Å². The Morgan fingerprint density at radius 3 is 2.52 bits per heavy atom. The van der Waals surface area contributed by atoms with Gasteiger partial charge in [-0.3, -0.25) is 4.79 Å². The highest BCUT2D eigenvalue weighted by Gasteiger charge is 2.21. The molecular formula is C27H19N3O2S. The molecule has 33 heavy (non-hydrogen) atoms. The summed E-state index contributed by atoms with van der Waals surface area (Å²) >= 11 is 1.40. The molecule has 0 atom stereocenters. The SMILES string of the molecule is Cc1ccc(-c2cc(C(=O)Nc3sc(C)c(-c4ccccc4)c3C#N)c3ccccc3n2)o1. The largest absolute Gasteiger partial charge is 0.460 e. The number of aryl methyl sites for hydroxylation is 2. The molecule has 5 aromatic rings. The van der Waals surface area contributed by atoms with Gasteiger partial charge in [0.2, 0.25) is 0 Å². The molecular weight excluding hydrogens is 430 g/mol. The first kappa shape index (κ1) is 20.7. The van der Waals surface area contributed by atoms with Gasteiger partial charge in [0.15, 0.2) is 5.76 Å². The standard InChI is InChI=1S/C27H19N3O2S/c1-16-12-13-24(32-16)23-14-20(19-10-6-7-11-22(19)29-23)26(31)30-27-21(15-28)25(17(2)33-27)18-8-4-3-5-9-18/h3-14H,1-2H3,(H,30,31). The van der Waals surface area contributed by atoms with Crippen LogP contribution in [0.4, 0.5) is 5.00 Å². The molecule has 2 aromatic carbocycles. The Hall–Kier alpha value is -4.21. The van der Waals surface area contributed by atoms with Gasteiger partial charge in [-0.15, -0.1) is 11.3 Å². The lowest BCUT2D eigenvalue weighted by molar-refractivity contribution is 0.102. The van der Waals surface area contributed by atoms with E-state index in [9.17, 15) is 10.1 Å². The zero-order valence-corrected chi connectivity index (χ0v) is 18.9. The second kappa shape index (κ2) is 8.38. The summed E-state index contributed by atoms with van der Waals surface area (Å²) in [5.74, 6) is 1.07. The van der Waals surface area contributed by atoms with E-state index in [1.807, 2.05) is 80.6 Å². The number of nitrogens with zero attached hydrogens (tertiary/aromatic N) is 2. The van der Waals surface area contributed by atoms with E-state index in [4.69, 9.17) is 4.42 Å². The first-order chi connectivity index (χ1) is 16.0. The zero-order chi connectivity index (χ0) is 22.9. The molecule has 1 N–H and O–H groups in total. The Balaban J connectivity index is 1.59. The maximum absolute atomic E-state index is 13.5. The van der Waals surface area contributed by atoms with Crippen LogP contribution in [0.2, 0.25) is 0 Å². The van der Waals surface area contributed by atoms with Gasteiger partial charge in [0, 0.05) is 15.8 Å². The molecule has 5 nitrogen and oxygen atoms in total. The van der Waals surface area contributed by atoms with Crippen molar-refractivity contribution in [3.05, 3.63) is 94.6 Å². The second-order valence-electron chi connectivity index (χ2n) is 7.65. The van der Waals surface area contributed by atoms with Crippen molar-refractivity contribution in [1.29, 1.82) is 5.26 Å². The molecule has 0 aliphatic rings. The van der Waals surface area contributed by atoms with Crippen molar-refractivity contribution in [3.63, 3.8) is 0 Å². The number of anilines is 1. The number of fused-ring (bicyclic) bond motifs is 1. The van der Waals surface area contributed by atoms with Crippen LogP contribution in [0.3, 0.4) is 0 Å². The normalized spacial score (nSPS) is 10.8. The zero-order valence-electron chi connectivity index (χ0n) is 18.0. The summed E-state index contributed by atoms with van der Waals surface area (Å²) in [4.78, 5) is 19.1. The Labute approximate surface area is 195 Å². The molecule has 6 heteroatoms. The number of carbonyl (C=O) groups is 1. The Kier molecular flexibility index (Phi) is 5.25. The third-order valence-corrected chi connectivity index (χ3v) is 6.46. The van der Waals surface area contributed by atoms with Crippen LogP contribution in [0.5, 0.6) is 0 Å². The molecule has 0 fully saturated rings. The van der Waals surface area contributed by atoms with E-state index in [0.717, 1.165) is 27.2 Å². The molecule has 3 aromatic heterocycles. The van der Waals surface area contributed by atoms with Crippen LogP contribution < -0.4 is 5.32 Å². The first-order valence-corrected chi connectivity index (χ1v) is 11.2. The van der Waals surface area contributed by atoms with E-state index >= 15 is 0 Å². The number of hydrogen-bond acceptors (Lipinski definition) is 5. The summed E-state index contributed by atoms with van der Waals surface area (Å²) in [5.41, 5.74) is 4.03. The summed E-state index contributed by atoms with van der Waals surface area (Å²) in [7, 11) is 0. The van der Waals surface area contributed by atoms with E-state index in [0.29, 0.717) is 33.1 Å². The summed E-state index contributed by atoms with van der Waals surface area (Å²) < 4.78 is 5.74. The predicted molar refractivity (Wildman–Crippen MR) is 131 cm³/mol. The Morgan fingerprint density at radius 2 is 1.79 bits per heavy atom. The number of benzene rings is 2. The van der Waals surface area contributed by atoms with Crippen LogP contribution in [0, 0.1) is 25.2 Å². The van der Waals surface area contributed by atoms with Gasteiger partial charge < -0.3 is 9.73 Å². The molecule has 0 aliphatic heterocycles. The average molecular weight is 450 g/mol. The minimum Gasteiger partial charge on any atom is -0.460 e. The Bertz CT molecular complexity index is 1540. The summed E-state index contributed by atoms with van der Waals surface area (Å²) in [6.07, 6.45) is 0. The minimum atomic E-state index is -0.296. The average Bonchev–Trinajstić information content (AvgIpc) is 3.41. The number of para-hydroxylation sites is 1. The van der Waals surface area contributed by atoms with Crippen molar-refractivity contribution in [2.45, 2.75) is 13.8 Å². The Morgan fingerprint density at radius 1 is 1.03 bits per heavy atom. The molecule has 160 valence electrons. The molecule has 1 amide bonds. The second-order valence-corrected chi connectivity index (χ2v) is 8.88. The number of amides is 1. The lowest BCUT2D eigenvalue weighted by atomic mass is 10.0. The fourth-order valence-electron chi connectivity index (χ4n) is 3.92. The molecule has 0 radical (unpaired) electrons. The molecule has 0 saturated heterocycles. The van der Waals surface area contributed by atoms with Crippen LogP contribution in [-0.4, -0.2) is 10.9 Å². The van der Waals surface area contributed by atoms with E-state index < -0.39 is 0 Å². The third-order valence-electron chi connectivity index (χ3n) is 5.44. The van der Waals surface area contributed by atoms with Crippen molar-refractivity contribution in [2.75, 3.05) is 5.32 Å². The number of aromatic nitrogens is 1. The van der Waals surface area contributed by atoms with Gasteiger partial charge in [-0.25, -0.2) is 4.98 Å². The molecule has 0 spiro atoms. The lowest BCUT2D eigenvalue weighted by Gasteiger charge is -2.09. The van der Waals surface area contributed by atoms with Crippen LogP contribution in [0.1, 0.15) is 26.6 Å². The van der Waals surface area contributed by atoms with Gasteiger partial charge in [-0.1, -0.05) is 48.5 Å². The smallest absolute Gasteiger partial charge is 0.257 e. The predicted octanol–water partition coefficient (Wildman–Crippen LogP) is 6.96. The van der Waals surface area contributed by atoms with E-state index in [1.54, 1.807) is 6.07 Å². The van der Waals surface area contributed by atoms with E-state index in [-0.39, 0.29) is 5.91 Å². The van der Waals surface area contributed by atoms with Crippen molar-refractivity contribution >= 4 is 33.1 Å². The maximum atomic E-state index is 13.5. The topological polar surface area (TPSA) is 78.9 Å². The summed E-state index contributed by atoms with van der Waals surface area (Å²) in [6.45, 7) is 3.83. The number of thiophene rings is 1. The van der Waals surface area contributed by atoms with Crippen molar-refractivity contribution in [3.8, 4) is 28.7 Å². The number of carbonyl (C=O) groups excluding carboxylic acids is 1. The van der Waals surface area contributed by atoms with Gasteiger partial charge in [-0.2, -0.15) is 5.26 Å². The van der Waals surface area contributed by atoms with Crippen molar-refractivity contribution < 1.29 is 9.21 Å². The quantitative estimate of drug-likeness (QED) is 0.321. The van der Waals surface area contributed by atoms with Crippen LogP contribution in [0.15, 0.2) is 77.2 Å². The monoisotopic (exact) mass is 449 g/mol. The fraction of sp³-hybridized carbons (Fsp3) is 0.0741. The maximum Gasteiger partial charge on any atom is 0.257 e. The molecule has 0 bridgehead atoms. The molecule has 0 aliphatic carbocycles. The van der Waals surface area contributed by atoms with Gasteiger partial charge in [-0.05, 0) is 43.7 Å². The fourth-order valence-corrected chi connectivity index (χ4v) is 4.95. The summed E-state index contributed by atoms with van der Waals surface area (Å²) in [6, 6.07) is 25.0. The third kappa shape index (κ3) is 3.79. The molecule has 0 saturated carbocycles. The number of rotatable bonds is 4. The van der Waals surface area contributed by atoms with E-state index in [2.05, 4.69) is 16.4 Å². The van der Waals surface area contributed by atoms with Gasteiger partial charge in [0.25, 0.3) is 5.91 Å². The number of nitriles is 1. The highest BCUT2D eigenvalue weighted by molar-refractivity contribution is 7.17. The van der Waals surface area contributed by atoms with Crippen LogP contribution >= 0.6 is 11.3 Å². The highest BCUT2D eigenvalue weighted by Crippen LogP contribution is 2.39. The molecule has 5 rings (SSSR count). The highest BCUT2D eigenvalue weighted by atomic mass is 32.1. The minimum absolute atomic E-state index is 0.296. The number of furan rings is 1. The van der Waals surface area contributed by atoms with Gasteiger partial charge in [0.05, 0.1) is 16.6 Å². The van der Waals surface area contributed by atoms with Crippen LogP contribution in [0.25, 0.3) is 33.5 Å². The number of hydrogen-bond donors (Lipinski definition) is 1. The van der Waals surface area contributed by atoms with E-state index in [1.165, 1.54) is 11.3 Å². The van der Waals surface area contributed by atoms with Gasteiger partial charge >= 0.3 is 0 Å². The molecule has 3 heterocycles. The van der Waals surface area contributed by atoms with Crippen molar-refractivity contribution in [2.24, 2.45) is 0 Å². The van der Waals surface area contributed by atoms with Gasteiger partial charge in [0.1, 0.15) is 22.5 Å². The van der Waals surface area contributed by atoms with Crippen molar-refractivity contribution in [1.82, 2.24) is 4.98 Å². The first-order valence-electron chi connectivity index (χ1n) is 10.4. The number of nitrogens with one attached hydrogen (secondary N) is 1. The number of pyridine rings is 1. The summed E-state index contributed by atoms with van der Waals surface area (Å²) in [5, 5.41) is 14.2. The lowest BCUT2D eigenvalue weighted by Crippen LogP contribution is -2.13.